The van der Waals surface area contributed by atoms with Crippen molar-refractivity contribution in [1.82, 2.24) is 4.90 Å². The van der Waals surface area contributed by atoms with Crippen molar-refractivity contribution in [3.8, 4) is 0 Å². The molecule has 18 heavy (non-hydrogen) atoms. The number of likely N-dealkylation sites (tertiary alicyclic amines) is 1. The third-order valence-electron chi connectivity index (χ3n) is 4.68. The predicted octanol–water partition coefficient (Wildman–Crippen LogP) is 3.36. The van der Waals surface area contributed by atoms with Crippen molar-refractivity contribution in [1.29, 1.82) is 0 Å². The van der Waals surface area contributed by atoms with Crippen molar-refractivity contribution in [3.63, 3.8) is 0 Å². The van der Waals surface area contributed by atoms with Gasteiger partial charge >= 0.3 is 0 Å². The van der Waals surface area contributed by atoms with Crippen molar-refractivity contribution < 1.29 is 0 Å². The molecule has 0 aromatic rings. The Balaban J connectivity index is 2.40. The van der Waals surface area contributed by atoms with Crippen LogP contribution < -0.4 is 5.73 Å². The zero-order valence-corrected chi connectivity index (χ0v) is 13.2. The van der Waals surface area contributed by atoms with Gasteiger partial charge < -0.3 is 10.6 Å². The molecule has 4 atom stereocenters. The van der Waals surface area contributed by atoms with Crippen LogP contribution in [0.15, 0.2) is 0 Å². The standard InChI is InChI=1S/C16H34N2/c1-12(2)8-16(10-17)6-7-18-11-13(3)9-14(4)15(18)5/h12-16H,6-11,17H2,1-5H3/t13?,14?,15?,16-/m1/s1. The molecule has 1 aliphatic rings. The van der Waals surface area contributed by atoms with Gasteiger partial charge in [-0.05, 0) is 62.9 Å². The number of hydrogen-bond donors (Lipinski definition) is 1. The number of nitrogens with two attached hydrogens (primary N) is 1. The van der Waals surface area contributed by atoms with Crippen molar-refractivity contribution >= 4 is 0 Å². The minimum atomic E-state index is 0.713. The first-order valence-corrected chi connectivity index (χ1v) is 7.88. The van der Waals surface area contributed by atoms with Crippen LogP contribution in [0.25, 0.3) is 0 Å². The van der Waals surface area contributed by atoms with Crippen molar-refractivity contribution in [2.45, 2.75) is 59.9 Å². The van der Waals surface area contributed by atoms with Crippen LogP contribution in [-0.2, 0) is 0 Å². The van der Waals surface area contributed by atoms with Crippen molar-refractivity contribution in [2.24, 2.45) is 29.4 Å². The maximum atomic E-state index is 5.91. The Morgan fingerprint density at radius 1 is 1.22 bits per heavy atom. The molecule has 108 valence electrons. The quantitative estimate of drug-likeness (QED) is 0.787. The molecule has 1 fully saturated rings. The lowest BCUT2D eigenvalue weighted by Crippen LogP contribution is -2.46. The molecule has 2 N–H and O–H groups in total. The van der Waals surface area contributed by atoms with Gasteiger partial charge in [-0.2, -0.15) is 0 Å². The van der Waals surface area contributed by atoms with E-state index in [-0.39, 0.29) is 0 Å². The molecule has 1 heterocycles. The van der Waals surface area contributed by atoms with Gasteiger partial charge in [-0.3, -0.25) is 0 Å². The number of piperidine rings is 1. The molecule has 0 amide bonds. The van der Waals surface area contributed by atoms with E-state index in [9.17, 15) is 0 Å². The largest absolute Gasteiger partial charge is 0.330 e. The zero-order chi connectivity index (χ0) is 13.7. The third-order valence-corrected chi connectivity index (χ3v) is 4.68. The van der Waals surface area contributed by atoms with E-state index in [1.54, 1.807) is 0 Å². The van der Waals surface area contributed by atoms with Crippen LogP contribution in [0.3, 0.4) is 0 Å². The van der Waals surface area contributed by atoms with Gasteiger partial charge in [0, 0.05) is 12.6 Å². The molecule has 2 nitrogen and oxygen atoms in total. The fraction of sp³-hybridized carbons (Fsp3) is 1.00. The highest BCUT2D eigenvalue weighted by Crippen LogP contribution is 2.27. The van der Waals surface area contributed by atoms with E-state index in [0.29, 0.717) is 5.92 Å². The Labute approximate surface area is 114 Å². The van der Waals surface area contributed by atoms with E-state index >= 15 is 0 Å². The lowest BCUT2D eigenvalue weighted by Gasteiger charge is -2.41. The van der Waals surface area contributed by atoms with Gasteiger partial charge in [0.1, 0.15) is 0 Å². The molecule has 0 aromatic carbocycles. The predicted molar refractivity (Wildman–Crippen MR) is 80.6 cm³/mol. The summed E-state index contributed by atoms with van der Waals surface area (Å²) in [5.41, 5.74) is 5.91. The molecule has 2 heteroatoms. The minimum Gasteiger partial charge on any atom is -0.330 e. The molecule has 1 aliphatic heterocycles. The van der Waals surface area contributed by atoms with Crippen LogP contribution in [0, 0.1) is 23.7 Å². The second-order valence-electron chi connectivity index (χ2n) is 7.07. The van der Waals surface area contributed by atoms with Crippen molar-refractivity contribution in [3.05, 3.63) is 0 Å². The van der Waals surface area contributed by atoms with E-state index < -0.39 is 0 Å². The number of hydrogen-bond acceptors (Lipinski definition) is 2. The second kappa shape index (κ2) is 7.49. The van der Waals surface area contributed by atoms with E-state index in [2.05, 4.69) is 39.5 Å². The van der Waals surface area contributed by atoms with Gasteiger partial charge in [-0.25, -0.2) is 0 Å². The molecular formula is C16H34N2. The lowest BCUT2D eigenvalue weighted by atomic mass is 9.85. The Hall–Kier alpha value is -0.0800. The maximum absolute atomic E-state index is 5.91. The zero-order valence-electron chi connectivity index (χ0n) is 13.2. The third kappa shape index (κ3) is 4.89. The smallest absolute Gasteiger partial charge is 0.00927 e. The molecule has 0 aliphatic carbocycles. The van der Waals surface area contributed by atoms with Gasteiger partial charge in [-0.15, -0.1) is 0 Å². The number of rotatable bonds is 6. The molecule has 0 bridgehead atoms. The van der Waals surface area contributed by atoms with Gasteiger partial charge in [0.15, 0.2) is 0 Å². The SMILES string of the molecule is CC(C)C[C@H](CN)CCN1CC(C)CC(C)C1C. The summed E-state index contributed by atoms with van der Waals surface area (Å²) in [6.45, 7) is 15.2. The summed E-state index contributed by atoms with van der Waals surface area (Å²) in [4.78, 5) is 2.70. The summed E-state index contributed by atoms with van der Waals surface area (Å²) >= 11 is 0. The first-order valence-electron chi connectivity index (χ1n) is 7.88. The average molecular weight is 254 g/mol. The van der Waals surface area contributed by atoms with Gasteiger partial charge in [0.25, 0.3) is 0 Å². The molecule has 0 saturated carbocycles. The molecule has 3 unspecified atom stereocenters. The fourth-order valence-electron chi connectivity index (χ4n) is 3.47. The van der Waals surface area contributed by atoms with Gasteiger partial charge in [0.2, 0.25) is 0 Å². The van der Waals surface area contributed by atoms with Crippen LogP contribution in [-0.4, -0.2) is 30.6 Å². The Kier molecular flexibility index (Phi) is 6.65. The highest BCUT2D eigenvalue weighted by atomic mass is 15.2. The summed E-state index contributed by atoms with van der Waals surface area (Å²) in [7, 11) is 0. The summed E-state index contributed by atoms with van der Waals surface area (Å²) in [5, 5.41) is 0. The first kappa shape index (κ1) is 16.0. The molecular weight excluding hydrogens is 220 g/mol. The van der Waals surface area contributed by atoms with E-state index in [1.807, 2.05) is 0 Å². The molecule has 1 rings (SSSR count). The molecule has 1 saturated heterocycles. The number of nitrogens with zero attached hydrogens (tertiary/aromatic N) is 1. The lowest BCUT2D eigenvalue weighted by molar-refractivity contribution is 0.0734. The Bertz CT molecular complexity index is 227. The summed E-state index contributed by atoms with van der Waals surface area (Å²) in [6, 6.07) is 0.749. The highest BCUT2D eigenvalue weighted by Gasteiger charge is 2.28. The normalized spacial score (nSPS) is 31.8. The van der Waals surface area contributed by atoms with Crippen molar-refractivity contribution in [2.75, 3.05) is 19.6 Å². The minimum absolute atomic E-state index is 0.713. The second-order valence-corrected chi connectivity index (χ2v) is 7.07. The van der Waals surface area contributed by atoms with Crippen LogP contribution in [0.1, 0.15) is 53.9 Å². The average Bonchev–Trinajstić information content (AvgIpc) is 2.29. The molecule has 0 spiro atoms. The van der Waals surface area contributed by atoms with Crippen LogP contribution in [0.2, 0.25) is 0 Å². The Morgan fingerprint density at radius 3 is 2.44 bits per heavy atom. The van der Waals surface area contributed by atoms with E-state index in [0.717, 1.165) is 30.3 Å². The van der Waals surface area contributed by atoms with Gasteiger partial charge in [-0.1, -0.05) is 27.7 Å². The first-order chi connectivity index (χ1) is 8.43. The van der Waals surface area contributed by atoms with Crippen LogP contribution in [0.5, 0.6) is 0 Å². The van der Waals surface area contributed by atoms with Gasteiger partial charge in [0.05, 0.1) is 0 Å². The monoisotopic (exact) mass is 254 g/mol. The summed E-state index contributed by atoms with van der Waals surface area (Å²) in [6.07, 6.45) is 3.95. The summed E-state index contributed by atoms with van der Waals surface area (Å²) in [5.74, 6) is 3.19. The van der Waals surface area contributed by atoms with Crippen LogP contribution in [0.4, 0.5) is 0 Å². The topological polar surface area (TPSA) is 29.3 Å². The molecule has 0 aromatic heterocycles. The summed E-state index contributed by atoms with van der Waals surface area (Å²) < 4.78 is 0. The van der Waals surface area contributed by atoms with Crippen LogP contribution >= 0.6 is 0 Å². The van der Waals surface area contributed by atoms with E-state index in [4.69, 9.17) is 5.73 Å². The fourth-order valence-corrected chi connectivity index (χ4v) is 3.47. The maximum Gasteiger partial charge on any atom is 0.00927 e. The highest BCUT2D eigenvalue weighted by molar-refractivity contribution is 4.82. The Morgan fingerprint density at radius 2 is 1.89 bits per heavy atom. The molecule has 0 radical (unpaired) electrons. The van der Waals surface area contributed by atoms with E-state index in [1.165, 1.54) is 32.4 Å².